The molecule has 0 bridgehead atoms. The smallest absolute Gasteiger partial charge is 0.252 e. The van der Waals surface area contributed by atoms with Crippen LogP contribution in [0.5, 0.6) is 0 Å². The van der Waals surface area contributed by atoms with Crippen molar-refractivity contribution in [3.63, 3.8) is 0 Å². The van der Waals surface area contributed by atoms with Crippen molar-refractivity contribution in [2.24, 2.45) is 7.05 Å². The molecule has 1 fully saturated rings. The second-order valence-corrected chi connectivity index (χ2v) is 9.75. The summed E-state index contributed by atoms with van der Waals surface area (Å²) in [7, 11) is -1.92. The van der Waals surface area contributed by atoms with Crippen molar-refractivity contribution in [2.45, 2.75) is 30.2 Å². The molecule has 0 radical (unpaired) electrons. The van der Waals surface area contributed by atoms with Crippen molar-refractivity contribution in [3.05, 3.63) is 83.7 Å². The van der Waals surface area contributed by atoms with Crippen LogP contribution in [0.4, 0.5) is 4.39 Å². The third kappa shape index (κ3) is 4.44. The number of aryl methyl sites for hydroxylation is 1. The van der Waals surface area contributed by atoms with Gasteiger partial charge in [0.1, 0.15) is 17.7 Å². The van der Waals surface area contributed by atoms with Gasteiger partial charge in [-0.2, -0.15) is 4.31 Å². The summed E-state index contributed by atoms with van der Waals surface area (Å²) in [6.45, 7) is 0.959. The lowest BCUT2D eigenvalue weighted by Gasteiger charge is -2.26. The Hall–Kier alpha value is -3.04. The van der Waals surface area contributed by atoms with Gasteiger partial charge in [0.25, 0.3) is 5.91 Å². The van der Waals surface area contributed by atoms with E-state index in [1.54, 1.807) is 54.3 Å². The first-order chi connectivity index (χ1) is 15.4. The van der Waals surface area contributed by atoms with E-state index < -0.39 is 27.8 Å². The topological polar surface area (TPSA) is 84.3 Å². The summed E-state index contributed by atoms with van der Waals surface area (Å²) >= 11 is 0. The second kappa shape index (κ2) is 9.22. The molecule has 0 spiro atoms. The zero-order valence-electron chi connectivity index (χ0n) is 17.7. The number of rotatable bonds is 6. The number of piperidine rings is 1. The Morgan fingerprint density at radius 2 is 1.84 bits per heavy atom. The summed E-state index contributed by atoms with van der Waals surface area (Å²) < 4.78 is 43.8. The highest BCUT2D eigenvalue weighted by molar-refractivity contribution is 7.89. The molecule has 0 aliphatic carbocycles. The highest BCUT2D eigenvalue weighted by Gasteiger charge is 2.28. The van der Waals surface area contributed by atoms with Crippen molar-refractivity contribution >= 4 is 15.9 Å². The summed E-state index contributed by atoms with van der Waals surface area (Å²) in [5.41, 5.74) is 0.450. The molecule has 1 aromatic heterocycles. The minimum atomic E-state index is -3.68. The molecule has 2 aromatic carbocycles. The molecule has 7 nitrogen and oxygen atoms in total. The van der Waals surface area contributed by atoms with Crippen LogP contribution in [0.25, 0.3) is 0 Å². The van der Waals surface area contributed by atoms with E-state index in [1.807, 2.05) is 0 Å². The Balaban J connectivity index is 1.64. The van der Waals surface area contributed by atoms with Gasteiger partial charge in [-0.25, -0.2) is 17.8 Å². The Kier molecular flexibility index (Phi) is 6.38. The molecule has 1 atom stereocenters. The van der Waals surface area contributed by atoms with Crippen LogP contribution in [0.15, 0.2) is 65.8 Å². The van der Waals surface area contributed by atoms with E-state index in [1.165, 1.54) is 22.5 Å². The number of sulfonamides is 1. The molecule has 1 N–H and O–H groups in total. The minimum Gasteiger partial charge on any atom is -0.338 e. The van der Waals surface area contributed by atoms with Crippen molar-refractivity contribution < 1.29 is 17.6 Å². The van der Waals surface area contributed by atoms with Crippen LogP contribution >= 0.6 is 0 Å². The number of carbonyl (C=O) groups excluding carboxylic acids is 1. The number of hydrogen-bond acceptors (Lipinski definition) is 4. The summed E-state index contributed by atoms with van der Waals surface area (Å²) in [6.07, 6.45) is 5.95. The number of aromatic nitrogens is 2. The average Bonchev–Trinajstić information content (AvgIpc) is 3.24. The van der Waals surface area contributed by atoms with Gasteiger partial charge in [0.2, 0.25) is 10.0 Å². The number of halogens is 1. The number of nitrogens with zero attached hydrogens (tertiary/aromatic N) is 3. The zero-order chi connectivity index (χ0) is 22.7. The Labute approximate surface area is 186 Å². The van der Waals surface area contributed by atoms with E-state index in [4.69, 9.17) is 0 Å². The van der Waals surface area contributed by atoms with Crippen molar-refractivity contribution in [2.75, 3.05) is 13.1 Å². The van der Waals surface area contributed by atoms with E-state index in [0.717, 1.165) is 19.3 Å². The van der Waals surface area contributed by atoms with Crippen LogP contribution in [-0.4, -0.2) is 41.3 Å². The number of amides is 1. The molecular formula is C23H25FN4O3S. The third-order valence-corrected chi connectivity index (χ3v) is 7.55. The molecule has 1 amide bonds. The second-order valence-electron chi connectivity index (χ2n) is 7.82. The van der Waals surface area contributed by atoms with Crippen molar-refractivity contribution in [3.8, 4) is 0 Å². The van der Waals surface area contributed by atoms with Gasteiger partial charge in [-0.05, 0) is 37.1 Å². The maximum atomic E-state index is 14.6. The SMILES string of the molecule is Cn1ccnc1[C@@H](NC(=O)c1cccc(S(=O)(=O)N2CCCCC2)c1)c1ccccc1F. The van der Waals surface area contributed by atoms with Crippen LogP contribution < -0.4 is 5.32 Å². The van der Waals surface area contributed by atoms with E-state index in [-0.39, 0.29) is 16.0 Å². The predicted molar refractivity (Wildman–Crippen MR) is 118 cm³/mol. The van der Waals surface area contributed by atoms with E-state index in [0.29, 0.717) is 18.9 Å². The monoisotopic (exact) mass is 456 g/mol. The quantitative estimate of drug-likeness (QED) is 0.617. The lowest BCUT2D eigenvalue weighted by molar-refractivity contribution is 0.0940. The first kappa shape index (κ1) is 22.2. The molecule has 1 saturated heterocycles. The van der Waals surface area contributed by atoms with Gasteiger partial charge in [-0.15, -0.1) is 0 Å². The van der Waals surface area contributed by atoms with Gasteiger partial charge in [-0.1, -0.05) is 30.7 Å². The van der Waals surface area contributed by atoms with E-state index >= 15 is 0 Å². The van der Waals surface area contributed by atoms with Crippen LogP contribution in [0.3, 0.4) is 0 Å². The third-order valence-electron chi connectivity index (χ3n) is 5.66. The molecule has 168 valence electrons. The molecule has 9 heteroatoms. The highest BCUT2D eigenvalue weighted by atomic mass is 32.2. The van der Waals surface area contributed by atoms with E-state index in [9.17, 15) is 17.6 Å². The van der Waals surface area contributed by atoms with Gasteiger partial charge in [0.15, 0.2) is 0 Å². The number of imidazole rings is 1. The summed E-state index contributed by atoms with van der Waals surface area (Å²) in [4.78, 5) is 17.5. The lowest BCUT2D eigenvalue weighted by atomic mass is 10.0. The molecule has 0 unspecified atom stereocenters. The van der Waals surface area contributed by atoms with Gasteiger partial charge >= 0.3 is 0 Å². The predicted octanol–water partition coefficient (Wildman–Crippen LogP) is 3.25. The Bertz CT molecular complexity index is 1220. The fourth-order valence-electron chi connectivity index (χ4n) is 3.91. The van der Waals surface area contributed by atoms with Gasteiger partial charge in [-0.3, -0.25) is 4.79 Å². The van der Waals surface area contributed by atoms with Crippen molar-refractivity contribution in [1.82, 2.24) is 19.2 Å². The van der Waals surface area contributed by atoms with Gasteiger partial charge in [0.05, 0.1) is 4.90 Å². The van der Waals surface area contributed by atoms with Crippen molar-refractivity contribution in [1.29, 1.82) is 0 Å². The number of benzene rings is 2. The maximum absolute atomic E-state index is 14.6. The first-order valence-electron chi connectivity index (χ1n) is 10.5. The first-order valence-corrected chi connectivity index (χ1v) is 11.9. The minimum absolute atomic E-state index is 0.0754. The van der Waals surface area contributed by atoms with Crippen LogP contribution in [0, 0.1) is 5.82 Å². The zero-order valence-corrected chi connectivity index (χ0v) is 18.6. The lowest BCUT2D eigenvalue weighted by Crippen LogP contribution is -2.36. The molecule has 4 rings (SSSR count). The fraction of sp³-hybridized carbons (Fsp3) is 0.304. The summed E-state index contributed by atoms with van der Waals surface area (Å²) in [5.74, 6) is -0.528. The number of nitrogens with one attached hydrogen (secondary N) is 1. The number of carbonyl (C=O) groups is 1. The van der Waals surface area contributed by atoms with E-state index in [2.05, 4.69) is 10.3 Å². The maximum Gasteiger partial charge on any atom is 0.252 e. The number of hydrogen-bond donors (Lipinski definition) is 1. The van der Waals surface area contributed by atoms with Crippen LogP contribution in [0.1, 0.15) is 47.1 Å². The molecule has 1 aliphatic heterocycles. The van der Waals surface area contributed by atoms with Gasteiger partial charge < -0.3 is 9.88 Å². The highest BCUT2D eigenvalue weighted by Crippen LogP contribution is 2.25. The molecule has 2 heterocycles. The molecule has 0 saturated carbocycles. The summed E-state index contributed by atoms with van der Waals surface area (Å²) in [5, 5.41) is 2.82. The summed E-state index contributed by atoms with van der Waals surface area (Å²) in [6, 6.07) is 11.3. The van der Waals surface area contributed by atoms with Gasteiger partial charge in [0, 0.05) is 43.7 Å². The normalized spacial score (nSPS) is 15.9. The Morgan fingerprint density at radius 3 is 2.53 bits per heavy atom. The largest absolute Gasteiger partial charge is 0.338 e. The van der Waals surface area contributed by atoms with Crippen LogP contribution in [-0.2, 0) is 17.1 Å². The molecule has 1 aliphatic rings. The Morgan fingerprint density at radius 1 is 1.09 bits per heavy atom. The fourth-order valence-corrected chi connectivity index (χ4v) is 5.48. The molecule has 3 aromatic rings. The molecule has 32 heavy (non-hydrogen) atoms. The average molecular weight is 457 g/mol. The molecular weight excluding hydrogens is 431 g/mol. The standard InChI is InChI=1S/C23H25FN4O3S/c1-27-15-12-25-22(27)21(19-10-3-4-11-20(19)24)26-23(29)17-8-7-9-18(16-17)32(30,31)28-13-5-2-6-14-28/h3-4,7-12,15-16,21H,2,5-6,13-14H2,1H3,(H,26,29)/t21-/m0/s1. The van der Waals surface area contributed by atoms with Crippen LogP contribution in [0.2, 0.25) is 0 Å².